The van der Waals surface area contributed by atoms with Crippen LogP contribution in [0.3, 0.4) is 0 Å². The van der Waals surface area contributed by atoms with Gasteiger partial charge in [-0.3, -0.25) is 19.6 Å². The van der Waals surface area contributed by atoms with E-state index in [1.807, 2.05) is 72.8 Å². The first-order valence-corrected chi connectivity index (χ1v) is 23.5. The van der Waals surface area contributed by atoms with Gasteiger partial charge in [0.25, 0.3) is 0 Å². The van der Waals surface area contributed by atoms with Crippen LogP contribution in [0.25, 0.3) is 0 Å². The Hall–Kier alpha value is -6.16. The molecule has 8 rings (SSSR count). The second kappa shape index (κ2) is 22.3. The van der Waals surface area contributed by atoms with Crippen molar-refractivity contribution in [3.05, 3.63) is 168 Å². The Kier molecular flexibility index (Phi) is 15.6. The zero-order valence-corrected chi connectivity index (χ0v) is 35.1. The second-order valence-electron chi connectivity index (χ2n) is 12.8. The summed E-state index contributed by atoms with van der Waals surface area (Å²) in [5.41, 5.74) is 6.47. The number of aromatic nitrogens is 2. The van der Waals surface area contributed by atoms with Gasteiger partial charge in [-0.05, 0) is 121 Å². The van der Waals surface area contributed by atoms with Gasteiger partial charge >= 0.3 is 11.9 Å². The third-order valence-corrected chi connectivity index (χ3v) is 13.5. The summed E-state index contributed by atoms with van der Waals surface area (Å²) < 4.78 is 10.9. The van der Waals surface area contributed by atoms with Crippen LogP contribution in [-0.4, -0.2) is 44.9 Å². The number of carbonyl (C=O) groups is 2. The van der Waals surface area contributed by atoms with Crippen molar-refractivity contribution in [2.45, 2.75) is 0 Å². The van der Waals surface area contributed by atoms with Crippen LogP contribution >= 0.6 is 43.2 Å². The minimum atomic E-state index is -0.172. The van der Waals surface area contributed by atoms with Crippen molar-refractivity contribution < 1.29 is 19.1 Å². The molecule has 0 aliphatic carbocycles. The van der Waals surface area contributed by atoms with Crippen LogP contribution in [0.5, 0.6) is 11.5 Å². The molecule has 2 aliphatic rings. The Morgan fingerprint density at radius 1 is 0.417 bits per heavy atom. The van der Waals surface area contributed by atoms with Crippen molar-refractivity contribution in [3.8, 4) is 35.2 Å². The standard InChI is InChI=1S/2C23H17N3O2S2/c2*27-23(19-15-29-30-16-19)28-22-9-7-21(8-10-22)26-25-20-5-3-17(4-6-20)1-2-18-11-13-24-14-12-18/h2*3-14,19H,15-16H2. The molecule has 0 atom stereocenters. The highest BCUT2D eigenvalue weighted by Crippen LogP contribution is 2.36. The Balaban J connectivity index is 0.000000181. The fourth-order valence-electron chi connectivity index (χ4n) is 5.06. The van der Waals surface area contributed by atoms with Crippen LogP contribution in [0, 0.1) is 35.5 Å². The molecule has 6 aromatic rings. The first-order valence-electron chi connectivity index (χ1n) is 18.5. The summed E-state index contributed by atoms with van der Waals surface area (Å²) in [5, 5.41) is 17.0. The molecule has 2 aromatic heterocycles. The van der Waals surface area contributed by atoms with Crippen molar-refractivity contribution in [2.75, 3.05) is 23.0 Å². The maximum Gasteiger partial charge on any atom is 0.316 e. The van der Waals surface area contributed by atoms with Crippen molar-refractivity contribution in [1.29, 1.82) is 0 Å². The Bertz CT molecular complexity index is 2350. The Labute approximate surface area is 363 Å². The number of pyridine rings is 2. The molecule has 0 unspecified atom stereocenters. The SMILES string of the molecule is O=C(Oc1ccc(N=Nc2ccc(C#Cc3ccncc3)cc2)cc1)C1CSSC1.O=C(Oc1ccc(N=Nc2ccc(C#Cc3ccncc3)cc2)cc1)C1CSSC1. The van der Waals surface area contributed by atoms with Gasteiger partial charge in [-0.1, -0.05) is 66.9 Å². The maximum atomic E-state index is 12.1. The summed E-state index contributed by atoms with van der Waals surface area (Å²) in [6.07, 6.45) is 6.88. The molecule has 4 aromatic carbocycles. The minimum absolute atomic E-state index is 0.0308. The predicted octanol–water partition coefficient (Wildman–Crippen LogP) is 11.6. The Morgan fingerprint density at radius 3 is 0.983 bits per heavy atom. The fourth-order valence-corrected chi connectivity index (χ4v) is 10.5. The number of rotatable bonds is 8. The monoisotopic (exact) mass is 862 g/mol. The quantitative estimate of drug-likeness (QED) is 0.0479. The lowest BCUT2D eigenvalue weighted by atomic mass is 10.2. The molecular formula is C46H34N6O4S4. The van der Waals surface area contributed by atoms with Gasteiger partial charge in [0.05, 0.1) is 34.6 Å². The molecule has 0 spiro atoms. The summed E-state index contributed by atoms with van der Waals surface area (Å²) in [6, 6.07) is 36.6. The summed E-state index contributed by atoms with van der Waals surface area (Å²) in [5.74, 6) is 16.3. The van der Waals surface area contributed by atoms with Crippen LogP contribution < -0.4 is 9.47 Å². The van der Waals surface area contributed by atoms with E-state index in [4.69, 9.17) is 9.47 Å². The highest BCUT2D eigenvalue weighted by molar-refractivity contribution is 8.77. The van der Waals surface area contributed by atoms with Crippen LogP contribution in [0.4, 0.5) is 22.7 Å². The van der Waals surface area contributed by atoms with E-state index < -0.39 is 0 Å². The number of carbonyl (C=O) groups excluding carboxylic acids is 2. The molecule has 0 radical (unpaired) electrons. The predicted molar refractivity (Wildman–Crippen MR) is 243 cm³/mol. The molecule has 60 heavy (non-hydrogen) atoms. The summed E-state index contributed by atoms with van der Waals surface area (Å²) in [7, 11) is 6.84. The minimum Gasteiger partial charge on any atom is -0.426 e. The molecular weight excluding hydrogens is 829 g/mol. The first-order chi connectivity index (χ1) is 29.5. The van der Waals surface area contributed by atoms with E-state index in [-0.39, 0.29) is 23.8 Å². The lowest BCUT2D eigenvalue weighted by Gasteiger charge is -2.07. The number of hydrogen-bond acceptors (Lipinski definition) is 14. The number of hydrogen-bond donors (Lipinski definition) is 0. The van der Waals surface area contributed by atoms with Gasteiger partial charge < -0.3 is 9.47 Å². The van der Waals surface area contributed by atoms with E-state index in [1.54, 1.807) is 116 Å². The second-order valence-corrected chi connectivity index (χ2v) is 17.9. The summed E-state index contributed by atoms with van der Waals surface area (Å²) in [6.45, 7) is 0. The molecule has 4 heterocycles. The zero-order valence-electron chi connectivity index (χ0n) is 31.8. The third-order valence-electron chi connectivity index (χ3n) is 8.38. The van der Waals surface area contributed by atoms with Crippen molar-refractivity contribution >= 4 is 77.9 Å². The van der Waals surface area contributed by atoms with Crippen LogP contribution in [0.15, 0.2) is 167 Å². The summed E-state index contributed by atoms with van der Waals surface area (Å²) in [4.78, 5) is 32.1. The van der Waals surface area contributed by atoms with E-state index in [1.165, 1.54) is 0 Å². The number of esters is 2. The molecule has 2 fully saturated rings. The molecule has 10 nitrogen and oxygen atoms in total. The normalized spacial score (nSPS) is 13.7. The molecule has 2 aliphatic heterocycles. The van der Waals surface area contributed by atoms with Crippen LogP contribution in [0.1, 0.15) is 22.3 Å². The van der Waals surface area contributed by atoms with Gasteiger partial charge in [-0.25, -0.2) is 0 Å². The van der Waals surface area contributed by atoms with Gasteiger partial charge in [0.2, 0.25) is 0 Å². The number of benzene rings is 4. The lowest BCUT2D eigenvalue weighted by Crippen LogP contribution is -2.21. The highest BCUT2D eigenvalue weighted by Gasteiger charge is 2.26. The molecule has 296 valence electrons. The van der Waals surface area contributed by atoms with E-state index >= 15 is 0 Å². The molecule has 0 amide bonds. The van der Waals surface area contributed by atoms with Crippen molar-refractivity contribution in [2.24, 2.45) is 32.3 Å². The lowest BCUT2D eigenvalue weighted by molar-refractivity contribution is -0.138. The zero-order chi connectivity index (χ0) is 41.2. The molecule has 0 saturated carbocycles. The van der Waals surface area contributed by atoms with Crippen LogP contribution in [-0.2, 0) is 9.59 Å². The number of nitrogens with zero attached hydrogens (tertiary/aromatic N) is 6. The van der Waals surface area contributed by atoms with Gasteiger partial charge in [0, 0.05) is 70.1 Å². The topological polar surface area (TPSA) is 128 Å². The molecule has 0 bridgehead atoms. The van der Waals surface area contributed by atoms with Gasteiger partial charge in [0.15, 0.2) is 0 Å². The van der Waals surface area contributed by atoms with Crippen LogP contribution in [0.2, 0.25) is 0 Å². The van der Waals surface area contributed by atoms with Gasteiger partial charge in [0.1, 0.15) is 11.5 Å². The van der Waals surface area contributed by atoms with E-state index in [2.05, 4.69) is 54.1 Å². The third kappa shape index (κ3) is 13.4. The smallest absolute Gasteiger partial charge is 0.316 e. The maximum absolute atomic E-state index is 12.1. The Morgan fingerprint density at radius 2 is 0.683 bits per heavy atom. The first kappa shape index (κ1) is 42.0. The van der Waals surface area contributed by atoms with Gasteiger partial charge in [-0.2, -0.15) is 20.5 Å². The number of ether oxygens (including phenoxy) is 2. The molecule has 14 heteroatoms. The van der Waals surface area contributed by atoms with E-state index in [9.17, 15) is 9.59 Å². The fraction of sp³-hybridized carbons (Fsp3) is 0.130. The largest absolute Gasteiger partial charge is 0.426 e. The van der Waals surface area contributed by atoms with E-state index in [0.717, 1.165) is 56.6 Å². The van der Waals surface area contributed by atoms with E-state index in [0.29, 0.717) is 22.9 Å². The van der Waals surface area contributed by atoms with Crippen molar-refractivity contribution in [1.82, 2.24) is 9.97 Å². The average Bonchev–Trinajstić information content (AvgIpc) is 4.06. The highest BCUT2D eigenvalue weighted by atomic mass is 33.1. The molecule has 2 saturated heterocycles. The number of azo groups is 2. The average molecular weight is 863 g/mol. The van der Waals surface area contributed by atoms with Crippen molar-refractivity contribution in [3.63, 3.8) is 0 Å². The molecule has 0 N–H and O–H groups in total. The summed E-state index contributed by atoms with van der Waals surface area (Å²) >= 11 is 0. The van der Waals surface area contributed by atoms with Gasteiger partial charge in [-0.15, -0.1) is 0 Å².